The smallest absolute Gasteiger partial charge is 0.0678 e. The van der Waals surface area contributed by atoms with Crippen LogP contribution in [0.15, 0.2) is 0 Å². The Morgan fingerprint density at radius 3 is 2.45 bits per heavy atom. The molecule has 5 atom stereocenters. The maximum absolute atomic E-state index is 5.86. The highest BCUT2D eigenvalue weighted by Gasteiger charge is 2.32. The van der Waals surface area contributed by atoms with Crippen molar-refractivity contribution in [1.29, 1.82) is 0 Å². The third-order valence-electron chi connectivity index (χ3n) is 5.15. The second-order valence-electron chi connectivity index (χ2n) is 7.10. The molecule has 0 spiro atoms. The largest absolute Gasteiger partial charge is 0.373 e. The average Bonchev–Trinajstić information content (AvgIpc) is 2.38. The summed E-state index contributed by atoms with van der Waals surface area (Å²) in [6.07, 6.45) is 7.74. The normalized spacial score (nSPS) is 39.9. The molecule has 0 amide bonds. The van der Waals surface area contributed by atoms with Gasteiger partial charge in [0.15, 0.2) is 0 Å². The Morgan fingerprint density at radius 1 is 1.15 bits per heavy atom. The van der Waals surface area contributed by atoms with Crippen LogP contribution in [0.4, 0.5) is 0 Å². The van der Waals surface area contributed by atoms with Crippen LogP contribution in [0.2, 0.25) is 0 Å². The van der Waals surface area contributed by atoms with Crippen molar-refractivity contribution in [3.8, 4) is 0 Å². The van der Waals surface area contributed by atoms with E-state index in [9.17, 15) is 0 Å². The minimum Gasteiger partial charge on any atom is -0.373 e. The van der Waals surface area contributed by atoms with Crippen LogP contribution in [0.25, 0.3) is 0 Å². The first-order valence-corrected chi connectivity index (χ1v) is 8.67. The van der Waals surface area contributed by atoms with Crippen LogP contribution in [0.5, 0.6) is 0 Å². The molecule has 0 radical (unpaired) electrons. The number of ether oxygens (including phenoxy) is 1. The molecule has 0 bridgehead atoms. The maximum Gasteiger partial charge on any atom is 0.0678 e. The molecule has 0 aromatic heterocycles. The first-order valence-electron chi connectivity index (χ1n) is 8.67. The fourth-order valence-electron chi connectivity index (χ4n) is 4.38. The Morgan fingerprint density at radius 2 is 1.85 bits per heavy atom. The monoisotopic (exact) mass is 282 g/mol. The van der Waals surface area contributed by atoms with Crippen molar-refractivity contribution in [2.24, 2.45) is 11.8 Å². The van der Waals surface area contributed by atoms with E-state index in [2.05, 4.69) is 38.0 Å². The van der Waals surface area contributed by atoms with E-state index >= 15 is 0 Å². The number of hydrogen-bond donors (Lipinski definition) is 1. The van der Waals surface area contributed by atoms with E-state index in [1.54, 1.807) is 0 Å². The van der Waals surface area contributed by atoms with Gasteiger partial charge in [0.05, 0.1) is 12.2 Å². The second kappa shape index (κ2) is 7.77. The quantitative estimate of drug-likeness (QED) is 0.839. The number of nitrogens with one attached hydrogen (secondary N) is 1. The summed E-state index contributed by atoms with van der Waals surface area (Å²) in [5.74, 6) is 1.79. The lowest BCUT2D eigenvalue weighted by Gasteiger charge is -2.42. The van der Waals surface area contributed by atoms with Gasteiger partial charge < -0.3 is 10.1 Å². The van der Waals surface area contributed by atoms with E-state index in [1.807, 2.05) is 0 Å². The molecule has 1 saturated heterocycles. The zero-order chi connectivity index (χ0) is 14.5. The van der Waals surface area contributed by atoms with Crippen molar-refractivity contribution in [3.63, 3.8) is 0 Å². The van der Waals surface area contributed by atoms with Crippen molar-refractivity contribution in [2.45, 2.75) is 71.1 Å². The molecule has 0 aromatic carbocycles. The van der Waals surface area contributed by atoms with Crippen LogP contribution in [0, 0.1) is 11.8 Å². The topological polar surface area (TPSA) is 24.5 Å². The van der Waals surface area contributed by atoms with Crippen LogP contribution in [0.1, 0.15) is 52.9 Å². The Bertz CT molecular complexity index is 274. The van der Waals surface area contributed by atoms with E-state index < -0.39 is 0 Å². The predicted octanol–water partition coefficient (Wildman–Crippen LogP) is 2.90. The number of rotatable bonds is 5. The number of hydrogen-bond acceptors (Lipinski definition) is 3. The van der Waals surface area contributed by atoms with Crippen LogP contribution in [-0.4, -0.2) is 49.8 Å². The molecule has 2 rings (SSSR count). The van der Waals surface area contributed by atoms with Gasteiger partial charge in [-0.2, -0.15) is 0 Å². The van der Waals surface area contributed by atoms with Crippen LogP contribution >= 0.6 is 0 Å². The molecule has 3 heteroatoms. The summed E-state index contributed by atoms with van der Waals surface area (Å²) in [6, 6.07) is 0.719. The Balaban J connectivity index is 1.89. The molecule has 118 valence electrons. The number of nitrogens with zero attached hydrogens (tertiary/aromatic N) is 1. The van der Waals surface area contributed by atoms with Gasteiger partial charge >= 0.3 is 0 Å². The van der Waals surface area contributed by atoms with Gasteiger partial charge in [0, 0.05) is 25.7 Å². The van der Waals surface area contributed by atoms with Crippen molar-refractivity contribution >= 4 is 0 Å². The summed E-state index contributed by atoms with van der Waals surface area (Å²) in [5.41, 5.74) is 0. The van der Waals surface area contributed by atoms with E-state index in [0.29, 0.717) is 12.2 Å². The molecule has 3 nitrogen and oxygen atoms in total. The second-order valence-corrected chi connectivity index (χ2v) is 7.10. The molecule has 3 unspecified atom stereocenters. The fourth-order valence-corrected chi connectivity index (χ4v) is 4.38. The van der Waals surface area contributed by atoms with E-state index in [4.69, 9.17) is 4.74 Å². The standard InChI is InChI=1S/C17H34N2O/c1-5-6-15-7-8-17(18-4)16(9-15)12-19-10-13(2)20-14(3)11-19/h13-18H,5-12H2,1-4H3/t13-,14+,15?,16?,17?. The molecular formula is C17H34N2O. The zero-order valence-electron chi connectivity index (χ0n) is 13.9. The van der Waals surface area contributed by atoms with Gasteiger partial charge in [0.25, 0.3) is 0 Å². The van der Waals surface area contributed by atoms with Crippen molar-refractivity contribution in [1.82, 2.24) is 10.2 Å². The highest BCUT2D eigenvalue weighted by Crippen LogP contribution is 2.33. The first-order chi connectivity index (χ1) is 9.62. The maximum atomic E-state index is 5.86. The molecule has 1 heterocycles. The van der Waals surface area contributed by atoms with Gasteiger partial charge in [0.1, 0.15) is 0 Å². The summed E-state index contributed by atoms with van der Waals surface area (Å²) in [4.78, 5) is 2.64. The minimum absolute atomic E-state index is 0.391. The SMILES string of the molecule is CCCC1CCC(NC)C(CN2C[C@@H](C)O[C@@H](C)C2)C1. The van der Waals surface area contributed by atoms with Crippen LogP contribution in [-0.2, 0) is 4.74 Å². The van der Waals surface area contributed by atoms with Crippen molar-refractivity contribution in [2.75, 3.05) is 26.7 Å². The molecule has 2 fully saturated rings. The first kappa shape index (κ1) is 16.3. The van der Waals surface area contributed by atoms with Gasteiger partial charge in [-0.3, -0.25) is 4.90 Å². The highest BCUT2D eigenvalue weighted by atomic mass is 16.5. The van der Waals surface area contributed by atoms with Crippen LogP contribution < -0.4 is 5.32 Å². The van der Waals surface area contributed by atoms with Crippen LogP contribution in [0.3, 0.4) is 0 Å². The lowest BCUT2D eigenvalue weighted by Crippen LogP contribution is -2.51. The highest BCUT2D eigenvalue weighted by molar-refractivity contribution is 4.87. The van der Waals surface area contributed by atoms with Gasteiger partial charge in [-0.05, 0) is 52.0 Å². The Hall–Kier alpha value is -0.120. The molecule has 2 aliphatic rings. The van der Waals surface area contributed by atoms with E-state index in [-0.39, 0.29) is 0 Å². The predicted molar refractivity (Wildman–Crippen MR) is 85.0 cm³/mol. The van der Waals surface area contributed by atoms with E-state index in [0.717, 1.165) is 31.0 Å². The zero-order valence-corrected chi connectivity index (χ0v) is 13.9. The summed E-state index contributed by atoms with van der Waals surface area (Å²) >= 11 is 0. The van der Waals surface area contributed by atoms with Crippen molar-refractivity contribution in [3.05, 3.63) is 0 Å². The summed E-state index contributed by atoms with van der Waals surface area (Å²) in [6.45, 7) is 10.2. The van der Waals surface area contributed by atoms with Gasteiger partial charge in [-0.15, -0.1) is 0 Å². The van der Waals surface area contributed by atoms with E-state index in [1.165, 1.54) is 38.6 Å². The summed E-state index contributed by atoms with van der Waals surface area (Å²) in [5, 5.41) is 3.57. The van der Waals surface area contributed by atoms with Crippen molar-refractivity contribution < 1.29 is 4.74 Å². The van der Waals surface area contributed by atoms with Gasteiger partial charge in [0.2, 0.25) is 0 Å². The number of morpholine rings is 1. The Kier molecular flexibility index (Phi) is 6.31. The molecule has 1 N–H and O–H groups in total. The molecule has 20 heavy (non-hydrogen) atoms. The lowest BCUT2D eigenvalue weighted by atomic mass is 9.76. The molecule has 1 saturated carbocycles. The Labute approximate surface area is 125 Å². The van der Waals surface area contributed by atoms with Gasteiger partial charge in [-0.1, -0.05) is 19.8 Å². The third kappa shape index (κ3) is 4.44. The molecular weight excluding hydrogens is 248 g/mol. The molecule has 0 aromatic rings. The summed E-state index contributed by atoms with van der Waals surface area (Å²) in [7, 11) is 2.14. The molecule has 1 aliphatic heterocycles. The average molecular weight is 282 g/mol. The molecule has 1 aliphatic carbocycles. The lowest BCUT2D eigenvalue weighted by molar-refractivity contribution is -0.0743. The van der Waals surface area contributed by atoms with Gasteiger partial charge in [-0.25, -0.2) is 0 Å². The third-order valence-corrected chi connectivity index (χ3v) is 5.15. The summed E-state index contributed by atoms with van der Waals surface area (Å²) < 4.78 is 5.86. The fraction of sp³-hybridized carbons (Fsp3) is 1.00. The minimum atomic E-state index is 0.391.